The molecule has 0 aliphatic carbocycles. The molecule has 4 N–H and O–H groups in total. The first kappa shape index (κ1) is 61.9. The topological polar surface area (TPSA) is 245 Å². The molecule has 0 aromatic heterocycles. The number of hydrogen-bond donors (Lipinski definition) is 4. The van der Waals surface area contributed by atoms with Crippen LogP contribution >= 0.6 is 23.5 Å². The summed E-state index contributed by atoms with van der Waals surface area (Å²) in [7, 11) is 0. The summed E-state index contributed by atoms with van der Waals surface area (Å²) in [5.74, 6) is 1.62. The van der Waals surface area contributed by atoms with Gasteiger partial charge in [-0.25, -0.2) is 4.79 Å². The highest BCUT2D eigenvalue weighted by atomic mass is 32.2. The monoisotopic (exact) mass is 970 g/mol. The largest absolute Gasteiger partial charge is 0.447 e. The van der Waals surface area contributed by atoms with Crippen molar-refractivity contribution in [1.82, 2.24) is 26.2 Å². The molecule has 378 valence electrons. The molecule has 0 bridgehead atoms. The van der Waals surface area contributed by atoms with Gasteiger partial charge in [0.1, 0.15) is 19.8 Å². The minimum Gasteiger partial charge on any atom is -0.447 e. The number of amides is 5. The van der Waals surface area contributed by atoms with Gasteiger partial charge in [-0.3, -0.25) is 28.8 Å². The van der Waals surface area contributed by atoms with Gasteiger partial charge in [-0.2, -0.15) is 0 Å². The molecule has 0 atom stereocenters. The van der Waals surface area contributed by atoms with Crippen LogP contribution in [-0.2, 0) is 66.7 Å². The summed E-state index contributed by atoms with van der Waals surface area (Å²) < 4.78 is 42.5. The summed E-state index contributed by atoms with van der Waals surface area (Å²) in [6.45, 7) is 12.0. The Balaban J connectivity index is 4.01. The Kier molecular flexibility index (Phi) is 45.2. The maximum absolute atomic E-state index is 12.8. The van der Waals surface area contributed by atoms with Crippen molar-refractivity contribution in [3.05, 3.63) is 0 Å². The highest BCUT2D eigenvalue weighted by Crippen LogP contribution is 2.04. The standard InChI is InChI=1S/C43H79N5O15S2/c1-4-56-27-28-63-43(55)48(17-15-46-39(51)11-7-5-9-13-44-41(53)35-64-31-29-59-21-19-57-23-25-61-33-37(2)49)18-16-47-40(52)12-8-6-10-14-45-42(54)36-65-32-30-60-22-20-58-24-26-62-34-38(3)50/h4-36H2,1-3H3,(H,44,53)(H,45,54)(H,46,51)(H,47,52). The van der Waals surface area contributed by atoms with Gasteiger partial charge < -0.3 is 64.1 Å². The number of ether oxygens (including phenoxy) is 8. The fourth-order valence-corrected chi connectivity index (χ4v) is 6.50. The average Bonchev–Trinajstić information content (AvgIpc) is 3.27. The van der Waals surface area contributed by atoms with Crippen molar-refractivity contribution in [3.63, 3.8) is 0 Å². The second-order valence-corrected chi connectivity index (χ2v) is 16.6. The Morgan fingerprint density at radius 1 is 0.431 bits per heavy atom. The summed E-state index contributed by atoms with van der Waals surface area (Å²) >= 11 is 2.97. The molecule has 0 aliphatic rings. The number of ketones is 2. The van der Waals surface area contributed by atoms with Gasteiger partial charge in [0.2, 0.25) is 23.6 Å². The lowest BCUT2D eigenvalue weighted by molar-refractivity contribution is -0.122. The molecule has 0 radical (unpaired) electrons. The Morgan fingerprint density at radius 3 is 1.23 bits per heavy atom. The fourth-order valence-electron chi connectivity index (χ4n) is 5.16. The van der Waals surface area contributed by atoms with E-state index in [9.17, 15) is 33.6 Å². The van der Waals surface area contributed by atoms with Crippen LogP contribution < -0.4 is 21.3 Å². The molecule has 0 heterocycles. The van der Waals surface area contributed by atoms with Crippen molar-refractivity contribution >= 4 is 64.8 Å². The van der Waals surface area contributed by atoms with Crippen LogP contribution in [0.25, 0.3) is 0 Å². The van der Waals surface area contributed by atoms with E-state index in [1.54, 1.807) is 0 Å². The number of thioether (sulfide) groups is 2. The van der Waals surface area contributed by atoms with Crippen LogP contribution in [0.5, 0.6) is 0 Å². The minimum absolute atomic E-state index is 0.0235. The molecule has 22 heteroatoms. The summed E-state index contributed by atoms with van der Waals surface area (Å²) in [6, 6.07) is 0. The Hall–Kier alpha value is -3.09. The van der Waals surface area contributed by atoms with Crippen molar-refractivity contribution < 1.29 is 71.5 Å². The van der Waals surface area contributed by atoms with E-state index in [-0.39, 0.29) is 87.8 Å². The highest BCUT2D eigenvalue weighted by Gasteiger charge is 2.16. The van der Waals surface area contributed by atoms with Gasteiger partial charge in [0.15, 0.2) is 11.6 Å². The number of carbonyl (C=O) groups excluding carboxylic acids is 7. The van der Waals surface area contributed by atoms with Crippen LogP contribution in [0.1, 0.15) is 72.1 Å². The summed E-state index contributed by atoms with van der Waals surface area (Å²) in [4.78, 5) is 84.9. The number of rotatable bonds is 48. The van der Waals surface area contributed by atoms with Crippen molar-refractivity contribution in [2.45, 2.75) is 72.1 Å². The maximum Gasteiger partial charge on any atom is 0.409 e. The molecule has 5 amide bonds. The first-order valence-corrected chi connectivity index (χ1v) is 25.0. The zero-order chi connectivity index (χ0) is 47.9. The molecule has 0 saturated carbocycles. The van der Waals surface area contributed by atoms with Crippen molar-refractivity contribution in [3.8, 4) is 0 Å². The lowest BCUT2D eigenvalue weighted by atomic mass is 10.2. The van der Waals surface area contributed by atoms with Gasteiger partial charge in [-0.1, -0.05) is 12.8 Å². The van der Waals surface area contributed by atoms with Gasteiger partial charge in [-0.15, -0.1) is 23.5 Å². The van der Waals surface area contributed by atoms with Crippen molar-refractivity contribution in [1.29, 1.82) is 0 Å². The lowest BCUT2D eigenvalue weighted by Gasteiger charge is -2.22. The van der Waals surface area contributed by atoms with Crippen LogP contribution in [-0.4, -0.2) is 208 Å². The molecule has 65 heavy (non-hydrogen) atoms. The summed E-state index contributed by atoms with van der Waals surface area (Å²) in [5.41, 5.74) is 0. The van der Waals surface area contributed by atoms with E-state index in [0.29, 0.717) is 134 Å². The number of unbranched alkanes of at least 4 members (excludes halogenated alkanes) is 4. The Labute approximate surface area is 394 Å². The van der Waals surface area contributed by atoms with Gasteiger partial charge in [-0.05, 0) is 46.5 Å². The van der Waals surface area contributed by atoms with Gasteiger partial charge in [0.25, 0.3) is 0 Å². The van der Waals surface area contributed by atoms with E-state index in [4.69, 9.17) is 37.9 Å². The van der Waals surface area contributed by atoms with Crippen LogP contribution in [0, 0.1) is 0 Å². The van der Waals surface area contributed by atoms with Crippen LogP contribution in [0.4, 0.5) is 4.79 Å². The third-order valence-corrected chi connectivity index (χ3v) is 10.3. The summed E-state index contributed by atoms with van der Waals surface area (Å²) in [5, 5.41) is 11.5. The minimum atomic E-state index is -0.560. The average molecular weight is 970 g/mol. The number of hydrogen-bond acceptors (Lipinski definition) is 17. The Morgan fingerprint density at radius 2 is 0.815 bits per heavy atom. The number of nitrogens with zero attached hydrogens (tertiary/aromatic N) is 1. The van der Waals surface area contributed by atoms with E-state index in [1.165, 1.54) is 42.3 Å². The normalized spacial score (nSPS) is 10.9. The van der Waals surface area contributed by atoms with Gasteiger partial charge >= 0.3 is 6.09 Å². The zero-order valence-electron chi connectivity index (χ0n) is 39.2. The predicted molar refractivity (Wildman–Crippen MR) is 249 cm³/mol. The molecular weight excluding hydrogens is 891 g/mol. The maximum atomic E-state index is 12.8. The second kappa shape index (κ2) is 47.4. The third kappa shape index (κ3) is 47.2. The van der Waals surface area contributed by atoms with Crippen molar-refractivity contribution in [2.75, 3.05) is 161 Å². The number of carbonyl (C=O) groups is 7. The quantitative estimate of drug-likeness (QED) is 0.0635. The fraction of sp³-hybridized carbons (Fsp3) is 0.837. The van der Waals surface area contributed by atoms with Gasteiger partial charge in [0.05, 0.1) is 84.2 Å². The van der Waals surface area contributed by atoms with E-state index in [1.807, 2.05) is 6.92 Å². The van der Waals surface area contributed by atoms with Crippen LogP contribution in [0.2, 0.25) is 0 Å². The van der Waals surface area contributed by atoms with E-state index >= 15 is 0 Å². The SMILES string of the molecule is CCOCCOC(=O)N(CCNC(=O)CCCCCNC(=O)CSCCOCCOCCOCC(C)=O)CCNC(=O)CCCCCNC(=O)CSCCOCCOCCOCC(C)=O. The number of nitrogens with one attached hydrogen (secondary N) is 4. The summed E-state index contributed by atoms with van der Waals surface area (Å²) in [6.07, 6.45) is 4.43. The molecule has 0 spiro atoms. The molecule has 0 saturated heterocycles. The second-order valence-electron chi connectivity index (χ2n) is 14.4. The first-order valence-electron chi connectivity index (χ1n) is 22.7. The van der Waals surface area contributed by atoms with E-state index in [2.05, 4.69) is 21.3 Å². The predicted octanol–water partition coefficient (Wildman–Crippen LogP) is 1.79. The lowest BCUT2D eigenvalue weighted by Crippen LogP contribution is -2.43. The van der Waals surface area contributed by atoms with Crippen LogP contribution in [0.15, 0.2) is 0 Å². The molecular formula is C43H79N5O15S2. The van der Waals surface area contributed by atoms with Crippen molar-refractivity contribution in [2.24, 2.45) is 0 Å². The van der Waals surface area contributed by atoms with E-state index in [0.717, 1.165) is 25.7 Å². The number of Topliss-reactive ketones (excluding diaryl/α,β-unsaturated/α-hetero) is 2. The highest BCUT2D eigenvalue weighted by molar-refractivity contribution is 8.00. The molecule has 20 nitrogen and oxygen atoms in total. The van der Waals surface area contributed by atoms with Gasteiger partial charge in [0, 0.05) is 70.2 Å². The molecule has 0 rings (SSSR count). The molecule has 0 fully saturated rings. The molecule has 0 aromatic rings. The third-order valence-electron chi connectivity index (χ3n) is 8.44. The zero-order valence-corrected chi connectivity index (χ0v) is 40.9. The smallest absolute Gasteiger partial charge is 0.409 e. The molecule has 0 aliphatic heterocycles. The van der Waals surface area contributed by atoms with E-state index < -0.39 is 6.09 Å². The molecule has 0 unspecified atom stereocenters. The molecule has 0 aromatic carbocycles. The first-order chi connectivity index (χ1) is 31.5. The Bertz CT molecular complexity index is 1180. The van der Waals surface area contributed by atoms with Crippen LogP contribution in [0.3, 0.4) is 0 Å².